The first-order chi connectivity index (χ1) is 12.5. The molecule has 1 fully saturated rings. The van der Waals surface area contributed by atoms with Crippen LogP contribution in [-0.4, -0.2) is 38.4 Å². The Balaban J connectivity index is 0.00000261. The molecule has 3 N–H and O–H groups in total. The number of halogens is 1. The van der Waals surface area contributed by atoms with Crippen molar-refractivity contribution in [2.45, 2.75) is 17.4 Å². The standard InChI is InChI=1S/C18H21N3O3S2.ClH/c22-18(12-16-13-25-10-9-19-16)20-15-7-4-8-17(11-15)26(23,24)21-14-5-2-1-3-6-14;/h1-8,11,16,19,21H,9-10,12-13H2,(H,20,22);1H. The number of nitrogens with one attached hydrogen (secondary N) is 3. The van der Waals surface area contributed by atoms with Crippen molar-refractivity contribution >= 4 is 51.5 Å². The molecular weight excluding hydrogens is 406 g/mol. The number of carbonyl (C=O) groups excluding carboxylic acids is 1. The summed E-state index contributed by atoms with van der Waals surface area (Å²) in [5.74, 6) is 1.84. The number of amides is 1. The fourth-order valence-electron chi connectivity index (χ4n) is 2.65. The molecule has 2 aromatic rings. The molecule has 2 aromatic carbocycles. The predicted octanol–water partition coefficient (Wildman–Crippen LogP) is 2.94. The summed E-state index contributed by atoms with van der Waals surface area (Å²) in [7, 11) is -3.72. The van der Waals surface area contributed by atoms with Crippen molar-refractivity contribution in [2.24, 2.45) is 0 Å². The number of thioether (sulfide) groups is 1. The molecule has 1 aliphatic rings. The molecule has 0 aromatic heterocycles. The van der Waals surface area contributed by atoms with E-state index in [0.29, 0.717) is 17.8 Å². The molecule has 1 atom stereocenters. The van der Waals surface area contributed by atoms with Gasteiger partial charge in [-0.1, -0.05) is 24.3 Å². The number of carbonyl (C=O) groups is 1. The van der Waals surface area contributed by atoms with Crippen LogP contribution in [0.25, 0.3) is 0 Å². The highest BCUT2D eigenvalue weighted by Gasteiger charge is 2.18. The Morgan fingerprint density at radius 2 is 1.85 bits per heavy atom. The Hall–Kier alpha value is -1.74. The summed E-state index contributed by atoms with van der Waals surface area (Å²) in [5.41, 5.74) is 0.956. The first-order valence-electron chi connectivity index (χ1n) is 8.32. The van der Waals surface area contributed by atoms with Crippen molar-refractivity contribution in [3.63, 3.8) is 0 Å². The molecular formula is C18H22ClN3O3S2. The van der Waals surface area contributed by atoms with E-state index in [4.69, 9.17) is 0 Å². The monoisotopic (exact) mass is 427 g/mol. The number of rotatable bonds is 6. The minimum Gasteiger partial charge on any atom is -0.326 e. The maximum Gasteiger partial charge on any atom is 0.261 e. The molecule has 1 unspecified atom stereocenters. The van der Waals surface area contributed by atoms with Crippen LogP contribution in [0.2, 0.25) is 0 Å². The Labute approximate surface area is 170 Å². The summed E-state index contributed by atoms with van der Waals surface area (Å²) >= 11 is 1.83. The van der Waals surface area contributed by atoms with E-state index in [2.05, 4.69) is 15.4 Å². The molecule has 0 spiro atoms. The van der Waals surface area contributed by atoms with E-state index in [-0.39, 0.29) is 29.3 Å². The minimum absolute atomic E-state index is 0. The lowest BCUT2D eigenvalue weighted by molar-refractivity contribution is -0.116. The SMILES string of the molecule is Cl.O=C(CC1CSCCN1)Nc1cccc(S(=O)(=O)Nc2ccccc2)c1. The number of benzene rings is 2. The van der Waals surface area contributed by atoms with E-state index in [1.165, 1.54) is 12.1 Å². The number of sulfonamides is 1. The lowest BCUT2D eigenvalue weighted by atomic mass is 10.2. The van der Waals surface area contributed by atoms with Gasteiger partial charge in [0.05, 0.1) is 4.90 Å². The first-order valence-corrected chi connectivity index (χ1v) is 11.0. The quantitative estimate of drug-likeness (QED) is 0.659. The smallest absolute Gasteiger partial charge is 0.261 e. The molecule has 146 valence electrons. The molecule has 9 heteroatoms. The predicted molar refractivity (Wildman–Crippen MR) is 113 cm³/mol. The second kappa shape index (κ2) is 9.98. The van der Waals surface area contributed by atoms with Gasteiger partial charge in [-0.05, 0) is 30.3 Å². The zero-order valence-electron chi connectivity index (χ0n) is 14.6. The summed E-state index contributed by atoms with van der Waals surface area (Å²) in [6.07, 6.45) is 0.367. The van der Waals surface area contributed by atoms with Gasteiger partial charge in [-0.15, -0.1) is 12.4 Å². The average molecular weight is 428 g/mol. The zero-order valence-corrected chi connectivity index (χ0v) is 17.0. The lowest BCUT2D eigenvalue weighted by Crippen LogP contribution is -2.39. The molecule has 1 amide bonds. The fraction of sp³-hybridized carbons (Fsp3) is 0.278. The molecule has 0 bridgehead atoms. The van der Waals surface area contributed by atoms with Crippen LogP contribution < -0.4 is 15.4 Å². The van der Waals surface area contributed by atoms with Crippen LogP contribution >= 0.6 is 24.2 Å². The van der Waals surface area contributed by atoms with Gasteiger partial charge in [0.2, 0.25) is 5.91 Å². The van der Waals surface area contributed by atoms with Gasteiger partial charge in [0.25, 0.3) is 10.0 Å². The Bertz CT molecular complexity index is 857. The number of hydrogen-bond donors (Lipinski definition) is 3. The van der Waals surface area contributed by atoms with Crippen LogP contribution in [0.4, 0.5) is 11.4 Å². The highest BCUT2D eigenvalue weighted by molar-refractivity contribution is 7.99. The summed E-state index contributed by atoms with van der Waals surface area (Å²) in [6.45, 7) is 0.904. The highest BCUT2D eigenvalue weighted by Crippen LogP contribution is 2.19. The zero-order chi connectivity index (χ0) is 18.4. The van der Waals surface area contributed by atoms with Gasteiger partial charge in [0.15, 0.2) is 0 Å². The van der Waals surface area contributed by atoms with Gasteiger partial charge in [-0.3, -0.25) is 9.52 Å². The van der Waals surface area contributed by atoms with Crippen LogP contribution in [0.5, 0.6) is 0 Å². The van der Waals surface area contributed by atoms with Crippen molar-refractivity contribution < 1.29 is 13.2 Å². The van der Waals surface area contributed by atoms with Crippen molar-refractivity contribution in [3.05, 3.63) is 54.6 Å². The maximum atomic E-state index is 12.5. The summed E-state index contributed by atoms with van der Waals surface area (Å²) in [6, 6.07) is 15.1. The van der Waals surface area contributed by atoms with E-state index in [1.807, 2.05) is 17.8 Å². The Morgan fingerprint density at radius 3 is 2.56 bits per heavy atom. The summed E-state index contributed by atoms with van der Waals surface area (Å²) in [5, 5.41) is 6.10. The highest BCUT2D eigenvalue weighted by atomic mass is 35.5. The second-order valence-electron chi connectivity index (χ2n) is 5.98. The summed E-state index contributed by atoms with van der Waals surface area (Å²) in [4.78, 5) is 12.3. The van der Waals surface area contributed by atoms with E-state index < -0.39 is 10.0 Å². The second-order valence-corrected chi connectivity index (χ2v) is 8.81. The topological polar surface area (TPSA) is 87.3 Å². The van der Waals surface area contributed by atoms with Gasteiger partial charge in [-0.25, -0.2) is 8.42 Å². The van der Waals surface area contributed by atoms with Gasteiger partial charge >= 0.3 is 0 Å². The molecule has 0 aliphatic carbocycles. The van der Waals surface area contributed by atoms with Crippen molar-refractivity contribution in [2.75, 3.05) is 28.1 Å². The largest absolute Gasteiger partial charge is 0.326 e. The van der Waals surface area contributed by atoms with Crippen LogP contribution in [0.15, 0.2) is 59.5 Å². The minimum atomic E-state index is -3.72. The molecule has 0 saturated carbocycles. The first kappa shape index (κ1) is 21.6. The van der Waals surface area contributed by atoms with Crippen LogP contribution in [0.3, 0.4) is 0 Å². The summed E-state index contributed by atoms with van der Waals surface area (Å²) < 4.78 is 27.6. The Morgan fingerprint density at radius 1 is 1.11 bits per heavy atom. The van der Waals surface area contributed by atoms with E-state index in [9.17, 15) is 13.2 Å². The molecule has 1 aliphatic heterocycles. The van der Waals surface area contributed by atoms with E-state index in [0.717, 1.165) is 18.1 Å². The number of para-hydroxylation sites is 1. The molecule has 27 heavy (non-hydrogen) atoms. The average Bonchev–Trinajstić information content (AvgIpc) is 2.63. The van der Waals surface area contributed by atoms with Crippen LogP contribution in [0, 0.1) is 0 Å². The van der Waals surface area contributed by atoms with Crippen LogP contribution in [0.1, 0.15) is 6.42 Å². The third kappa shape index (κ3) is 6.42. The molecule has 1 saturated heterocycles. The molecule has 6 nitrogen and oxygen atoms in total. The lowest BCUT2D eigenvalue weighted by Gasteiger charge is -2.22. The van der Waals surface area contributed by atoms with Gasteiger partial charge in [0.1, 0.15) is 0 Å². The van der Waals surface area contributed by atoms with Crippen molar-refractivity contribution in [3.8, 4) is 0 Å². The third-order valence-electron chi connectivity index (χ3n) is 3.88. The van der Waals surface area contributed by atoms with E-state index >= 15 is 0 Å². The number of anilines is 2. The van der Waals surface area contributed by atoms with Gasteiger partial charge in [-0.2, -0.15) is 11.8 Å². The van der Waals surface area contributed by atoms with Crippen molar-refractivity contribution in [1.29, 1.82) is 0 Å². The molecule has 0 radical (unpaired) electrons. The Kier molecular flexibility index (Phi) is 7.97. The molecule has 1 heterocycles. The maximum absolute atomic E-state index is 12.5. The van der Waals surface area contributed by atoms with E-state index in [1.54, 1.807) is 36.4 Å². The van der Waals surface area contributed by atoms with Crippen molar-refractivity contribution in [1.82, 2.24) is 5.32 Å². The van der Waals surface area contributed by atoms with Gasteiger partial charge in [0, 0.05) is 41.9 Å². The fourth-order valence-corrected chi connectivity index (χ4v) is 4.70. The van der Waals surface area contributed by atoms with Gasteiger partial charge < -0.3 is 10.6 Å². The third-order valence-corrected chi connectivity index (χ3v) is 6.39. The molecule has 3 rings (SSSR count). The number of hydrogen-bond acceptors (Lipinski definition) is 5. The van der Waals surface area contributed by atoms with Crippen LogP contribution in [-0.2, 0) is 14.8 Å². The normalized spacial score (nSPS) is 16.8.